The van der Waals surface area contributed by atoms with E-state index in [1.165, 1.54) is 16.9 Å². The maximum absolute atomic E-state index is 13.3. The first-order valence-electron chi connectivity index (χ1n) is 9.04. The number of hydrogen-bond donors (Lipinski definition) is 3. The van der Waals surface area contributed by atoms with Gasteiger partial charge in [-0.15, -0.1) is 11.3 Å². The highest BCUT2D eigenvalue weighted by Gasteiger charge is 2.25. The quantitative estimate of drug-likeness (QED) is 0.411. The normalized spacial score (nSPS) is 22.7. The molecule has 2 atom stereocenters. The van der Waals surface area contributed by atoms with Crippen molar-refractivity contribution in [3.63, 3.8) is 0 Å². The summed E-state index contributed by atoms with van der Waals surface area (Å²) in [6.07, 6.45) is 4.53. The number of thioether (sulfide) groups is 1. The van der Waals surface area contributed by atoms with Gasteiger partial charge in [-0.1, -0.05) is 23.9 Å². The van der Waals surface area contributed by atoms with Crippen molar-refractivity contribution in [1.29, 1.82) is 0 Å². The lowest BCUT2D eigenvalue weighted by Gasteiger charge is -2.14. The summed E-state index contributed by atoms with van der Waals surface area (Å²) in [7, 11) is 0. The Labute approximate surface area is 160 Å². The molecule has 8 heteroatoms. The summed E-state index contributed by atoms with van der Waals surface area (Å²) >= 11 is 3.25. The summed E-state index contributed by atoms with van der Waals surface area (Å²) in [6, 6.07) is 0.150. The standard InChI is InChI=1S/C18H24N4O2S2/c1-10(2)8-22-17(24)15-12-5-3-4-6-13(12)26-16(15)19-18(22)25-9-11-7-14(23)21-20-11/h11,14,20-21,23H,1,3-9H2,2H3. The molecule has 0 radical (unpaired) electrons. The molecule has 0 aromatic carbocycles. The minimum absolute atomic E-state index is 0.0671. The van der Waals surface area contributed by atoms with Crippen molar-refractivity contribution < 1.29 is 5.11 Å². The zero-order chi connectivity index (χ0) is 18.3. The second-order valence-electron chi connectivity index (χ2n) is 7.18. The van der Waals surface area contributed by atoms with Gasteiger partial charge in [-0.2, -0.15) is 0 Å². The number of aliphatic hydroxyl groups excluding tert-OH is 1. The Kier molecular flexibility index (Phi) is 5.20. The van der Waals surface area contributed by atoms with E-state index in [9.17, 15) is 9.90 Å². The molecule has 3 heterocycles. The Morgan fingerprint density at radius 3 is 2.96 bits per heavy atom. The van der Waals surface area contributed by atoms with Gasteiger partial charge in [-0.05, 0) is 38.2 Å². The van der Waals surface area contributed by atoms with Gasteiger partial charge in [0.1, 0.15) is 11.1 Å². The maximum Gasteiger partial charge on any atom is 0.263 e. The van der Waals surface area contributed by atoms with Crippen LogP contribution in [0.2, 0.25) is 0 Å². The fourth-order valence-electron chi connectivity index (χ4n) is 3.63. The summed E-state index contributed by atoms with van der Waals surface area (Å²) in [5.74, 6) is 0.739. The zero-order valence-electron chi connectivity index (χ0n) is 14.9. The number of nitrogens with zero attached hydrogens (tertiary/aromatic N) is 2. The van der Waals surface area contributed by atoms with Crippen LogP contribution in [0.15, 0.2) is 22.1 Å². The average molecular weight is 393 g/mol. The first kappa shape index (κ1) is 18.2. The van der Waals surface area contributed by atoms with Gasteiger partial charge >= 0.3 is 0 Å². The topological polar surface area (TPSA) is 79.2 Å². The predicted octanol–water partition coefficient (Wildman–Crippen LogP) is 2.19. The van der Waals surface area contributed by atoms with Crippen LogP contribution in [0, 0.1) is 0 Å². The molecule has 6 nitrogen and oxygen atoms in total. The summed E-state index contributed by atoms with van der Waals surface area (Å²) in [4.78, 5) is 20.4. The van der Waals surface area contributed by atoms with Crippen LogP contribution in [0.25, 0.3) is 10.2 Å². The fourth-order valence-corrected chi connectivity index (χ4v) is 5.96. The summed E-state index contributed by atoms with van der Waals surface area (Å²) in [5.41, 5.74) is 8.13. The van der Waals surface area contributed by atoms with E-state index in [-0.39, 0.29) is 11.6 Å². The molecule has 0 saturated carbocycles. The number of thiophene rings is 1. The van der Waals surface area contributed by atoms with Crippen LogP contribution < -0.4 is 16.4 Å². The molecule has 1 aliphatic carbocycles. The molecule has 1 aliphatic heterocycles. The summed E-state index contributed by atoms with van der Waals surface area (Å²) in [6.45, 7) is 6.42. The molecule has 1 fully saturated rings. The lowest BCUT2D eigenvalue weighted by atomic mass is 9.97. The number of allylic oxidation sites excluding steroid dienone is 1. The molecule has 4 rings (SSSR count). The van der Waals surface area contributed by atoms with Gasteiger partial charge in [0.2, 0.25) is 0 Å². The van der Waals surface area contributed by atoms with E-state index in [1.807, 2.05) is 6.92 Å². The van der Waals surface area contributed by atoms with Crippen molar-refractivity contribution in [2.75, 3.05) is 5.75 Å². The Morgan fingerprint density at radius 2 is 2.23 bits per heavy atom. The van der Waals surface area contributed by atoms with Gasteiger partial charge in [0.15, 0.2) is 5.16 Å². The number of aliphatic hydroxyl groups is 1. The number of nitrogens with one attached hydrogen (secondary N) is 2. The van der Waals surface area contributed by atoms with E-state index in [4.69, 9.17) is 4.98 Å². The van der Waals surface area contributed by atoms with Crippen molar-refractivity contribution in [2.45, 2.75) is 63.0 Å². The van der Waals surface area contributed by atoms with Crippen molar-refractivity contribution in [2.24, 2.45) is 0 Å². The van der Waals surface area contributed by atoms with Crippen LogP contribution in [0.1, 0.15) is 36.6 Å². The molecule has 2 aromatic rings. The minimum atomic E-state index is -0.516. The highest BCUT2D eigenvalue weighted by molar-refractivity contribution is 7.99. The SMILES string of the molecule is C=C(C)Cn1c(SCC2CC(O)NN2)nc2sc3c(c2c1=O)CCCC3. The Hall–Kier alpha value is -1.19. The first-order valence-corrected chi connectivity index (χ1v) is 10.8. The second kappa shape index (κ2) is 7.44. The Bertz CT molecular complexity index is 905. The van der Waals surface area contributed by atoms with Crippen LogP contribution in [0.5, 0.6) is 0 Å². The second-order valence-corrected chi connectivity index (χ2v) is 9.25. The smallest absolute Gasteiger partial charge is 0.263 e. The molecular formula is C18H24N4O2S2. The molecule has 140 valence electrons. The van der Waals surface area contributed by atoms with Gasteiger partial charge in [-0.25, -0.2) is 10.4 Å². The Balaban J connectivity index is 1.72. The highest BCUT2D eigenvalue weighted by atomic mass is 32.2. The third kappa shape index (κ3) is 3.48. The van der Waals surface area contributed by atoms with Gasteiger partial charge in [0.05, 0.1) is 5.39 Å². The van der Waals surface area contributed by atoms with E-state index in [1.54, 1.807) is 27.7 Å². The van der Waals surface area contributed by atoms with E-state index in [2.05, 4.69) is 17.4 Å². The van der Waals surface area contributed by atoms with E-state index in [0.29, 0.717) is 13.0 Å². The number of fused-ring (bicyclic) bond motifs is 3. The largest absolute Gasteiger partial charge is 0.377 e. The lowest BCUT2D eigenvalue weighted by molar-refractivity contribution is 0.153. The summed E-state index contributed by atoms with van der Waals surface area (Å²) < 4.78 is 1.77. The third-order valence-electron chi connectivity index (χ3n) is 4.84. The molecule has 2 aliphatic rings. The van der Waals surface area contributed by atoms with Crippen LogP contribution in [0.4, 0.5) is 0 Å². The number of hydrogen-bond acceptors (Lipinski definition) is 7. The van der Waals surface area contributed by atoms with Crippen molar-refractivity contribution >= 4 is 33.3 Å². The van der Waals surface area contributed by atoms with Gasteiger partial charge in [0.25, 0.3) is 5.56 Å². The molecule has 0 amide bonds. The van der Waals surface area contributed by atoms with E-state index < -0.39 is 6.23 Å². The molecule has 3 N–H and O–H groups in total. The van der Waals surface area contributed by atoms with Crippen LogP contribution >= 0.6 is 23.1 Å². The number of aromatic nitrogens is 2. The molecule has 0 bridgehead atoms. The van der Waals surface area contributed by atoms with E-state index >= 15 is 0 Å². The minimum Gasteiger partial charge on any atom is -0.377 e. The molecule has 2 aromatic heterocycles. The van der Waals surface area contributed by atoms with Crippen molar-refractivity contribution in [1.82, 2.24) is 20.4 Å². The van der Waals surface area contributed by atoms with Gasteiger partial charge < -0.3 is 5.11 Å². The molecule has 1 saturated heterocycles. The van der Waals surface area contributed by atoms with Crippen LogP contribution in [-0.4, -0.2) is 32.7 Å². The molecule has 0 spiro atoms. The Morgan fingerprint density at radius 1 is 1.42 bits per heavy atom. The van der Waals surface area contributed by atoms with Crippen LogP contribution in [-0.2, 0) is 19.4 Å². The number of rotatable bonds is 5. The fraction of sp³-hybridized carbons (Fsp3) is 0.556. The zero-order valence-corrected chi connectivity index (χ0v) is 16.5. The molecular weight excluding hydrogens is 368 g/mol. The molecule has 26 heavy (non-hydrogen) atoms. The van der Waals surface area contributed by atoms with Gasteiger partial charge in [-0.3, -0.25) is 14.8 Å². The first-order chi connectivity index (χ1) is 12.5. The highest BCUT2D eigenvalue weighted by Crippen LogP contribution is 2.35. The third-order valence-corrected chi connectivity index (χ3v) is 7.17. The van der Waals surface area contributed by atoms with Gasteiger partial charge in [0, 0.05) is 29.6 Å². The monoisotopic (exact) mass is 392 g/mol. The average Bonchev–Trinajstić information content (AvgIpc) is 3.18. The predicted molar refractivity (Wildman–Crippen MR) is 107 cm³/mol. The summed E-state index contributed by atoms with van der Waals surface area (Å²) in [5, 5.41) is 11.2. The molecule has 2 unspecified atom stereocenters. The maximum atomic E-state index is 13.3. The lowest BCUT2D eigenvalue weighted by Crippen LogP contribution is -2.34. The van der Waals surface area contributed by atoms with E-state index in [0.717, 1.165) is 46.0 Å². The van der Waals surface area contributed by atoms with Crippen molar-refractivity contribution in [3.8, 4) is 0 Å². The van der Waals surface area contributed by atoms with Crippen LogP contribution in [0.3, 0.4) is 0 Å². The van der Waals surface area contributed by atoms with Crippen molar-refractivity contribution in [3.05, 3.63) is 32.9 Å². The number of hydrazine groups is 1. The number of aryl methyl sites for hydroxylation is 2.